The zero-order valence-electron chi connectivity index (χ0n) is 20.7. The van der Waals surface area contributed by atoms with Crippen LogP contribution in [0.25, 0.3) is 6.08 Å². The first-order chi connectivity index (χ1) is 18.0. The molecule has 8 nitrogen and oxygen atoms in total. The van der Waals surface area contributed by atoms with Crippen LogP contribution in [0.5, 0.6) is 5.75 Å². The van der Waals surface area contributed by atoms with E-state index in [1.54, 1.807) is 37.3 Å². The number of amides is 5. The number of benzene rings is 3. The molecule has 0 aromatic heterocycles. The fourth-order valence-corrected chi connectivity index (χ4v) is 4.47. The Kier molecular flexibility index (Phi) is 7.99. The van der Waals surface area contributed by atoms with Crippen molar-refractivity contribution in [3.63, 3.8) is 0 Å². The summed E-state index contributed by atoms with van der Waals surface area (Å²) >= 11 is 9.47. The third-order valence-corrected chi connectivity index (χ3v) is 6.66. The molecule has 4 rings (SSSR count). The van der Waals surface area contributed by atoms with Gasteiger partial charge in [-0.2, -0.15) is 0 Å². The maximum absolute atomic E-state index is 13.2. The summed E-state index contributed by atoms with van der Waals surface area (Å²) in [6.45, 7) is 5.35. The zero-order valence-corrected chi connectivity index (χ0v) is 23.1. The number of barbiturate groups is 1. The van der Waals surface area contributed by atoms with Crippen molar-refractivity contribution in [1.29, 1.82) is 0 Å². The quantitative estimate of drug-likeness (QED) is 0.280. The van der Waals surface area contributed by atoms with Crippen molar-refractivity contribution in [1.82, 2.24) is 5.32 Å². The van der Waals surface area contributed by atoms with Gasteiger partial charge in [-0.05, 0) is 95.4 Å². The molecule has 0 aliphatic carbocycles. The molecule has 1 aliphatic heterocycles. The van der Waals surface area contributed by atoms with Crippen molar-refractivity contribution >= 4 is 68.7 Å². The predicted molar refractivity (Wildman–Crippen MR) is 149 cm³/mol. The summed E-state index contributed by atoms with van der Waals surface area (Å²) in [6, 6.07) is 14.6. The number of hydrogen-bond acceptors (Lipinski definition) is 5. The number of hydrogen-bond donors (Lipinski definition) is 2. The molecule has 0 unspecified atom stereocenters. The number of rotatable bonds is 6. The average Bonchev–Trinajstić information content (AvgIpc) is 2.85. The Labute approximate surface area is 232 Å². The molecule has 5 amide bonds. The van der Waals surface area contributed by atoms with Crippen LogP contribution in [-0.4, -0.2) is 30.4 Å². The van der Waals surface area contributed by atoms with Gasteiger partial charge in [0.25, 0.3) is 17.7 Å². The molecule has 38 heavy (non-hydrogen) atoms. The van der Waals surface area contributed by atoms with Crippen LogP contribution in [-0.2, 0) is 14.4 Å². The van der Waals surface area contributed by atoms with E-state index in [0.717, 1.165) is 21.7 Å². The van der Waals surface area contributed by atoms with Crippen molar-refractivity contribution in [2.75, 3.05) is 16.8 Å². The number of carbonyl (C=O) groups is 4. The summed E-state index contributed by atoms with van der Waals surface area (Å²) in [5.74, 6) is -1.50. The Morgan fingerprint density at radius 3 is 2.50 bits per heavy atom. The maximum atomic E-state index is 13.2. The summed E-state index contributed by atoms with van der Waals surface area (Å²) in [7, 11) is 0. The highest BCUT2D eigenvalue weighted by Crippen LogP contribution is 2.30. The summed E-state index contributed by atoms with van der Waals surface area (Å²) in [6.07, 6.45) is 1.37. The number of imide groups is 2. The smallest absolute Gasteiger partial charge is 0.335 e. The van der Waals surface area contributed by atoms with Gasteiger partial charge in [0, 0.05) is 10.7 Å². The number of halogens is 2. The number of nitrogens with one attached hydrogen (secondary N) is 2. The predicted octanol–water partition coefficient (Wildman–Crippen LogP) is 5.71. The average molecular weight is 597 g/mol. The molecule has 0 bridgehead atoms. The molecule has 3 aromatic rings. The standard InChI is InChI=1S/C28H23BrClN3O5/c1-15-4-5-16(2)22(10-15)31-25(34)14-38-24-9-7-18(12-21(24)29)11-20-26(35)32-28(37)33(27(20)36)23-13-19(30)8-6-17(23)3/h4-13H,14H2,1-3H3,(H,31,34)(H,32,35,37)/b20-11+. The molecule has 2 N–H and O–H groups in total. The van der Waals surface area contributed by atoms with Gasteiger partial charge in [-0.15, -0.1) is 0 Å². The van der Waals surface area contributed by atoms with E-state index < -0.39 is 17.8 Å². The van der Waals surface area contributed by atoms with E-state index >= 15 is 0 Å². The number of ether oxygens (including phenoxy) is 1. The van der Waals surface area contributed by atoms with Gasteiger partial charge < -0.3 is 10.1 Å². The molecule has 0 radical (unpaired) electrons. The van der Waals surface area contributed by atoms with Gasteiger partial charge in [0.2, 0.25) is 0 Å². The maximum Gasteiger partial charge on any atom is 0.335 e. The van der Waals surface area contributed by atoms with Gasteiger partial charge in [-0.3, -0.25) is 19.7 Å². The van der Waals surface area contributed by atoms with Crippen LogP contribution in [0, 0.1) is 20.8 Å². The highest BCUT2D eigenvalue weighted by Gasteiger charge is 2.37. The Hall–Kier alpha value is -3.95. The number of carbonyl (C=O) groups excluding carboxylic acids is 4. The van der Waals surface area contributed by atoms with Crippen molar-refractivity contribution < 1.29 is 23.9 Å². The van der Waals surface area contributed by atoms with E-state index in [4.69, 9.17) is 16.3 Å². The third kappa shape index (κ3) is 5.95. The molecule has 194 valence electrons. The van der Waals surface area contributed by atoms with E-state index in [1.807, 2.05) is 32.0 Å². The molecule has 10 heteroatoms. The van der Waals surface area contributed by atoms with E-state index in [0.29, 0.717) is 26.4 Å². The number of anilines is 2. The molecule has 0 saturated carbocycles. The Morgan fingerprint density at radius 2 is 1.76 bits per heavy atom. The first-order valence-electron chi connectivity index (χ1n) is 11.5. The van der Waals surface area contributed by atoms with Gasteiger partial charge in [0.1, 0.15) is 11.3 Å². The fraction of sp³-hybridized carbons (Fsp3) is 0.143. The molecule has 0 atom stereocenters. The van der Waals surface area contributed by atoms with Crippen molar-refractivity contribution in [3.8, 4) is 5.75 Å². The van der Waals surface area contributed by atoms with Crippen molar-refractivity contribution in [2.45, 2.75) is 20.8 Å². The van der Waals surface area contributed by atoms with Gasteiger partial charge in [-0.25, -0.2) is 9.69 Å². The molecular weight excluding hydrogens is 574 g/mol. The highest BCUT2D eigenvalue weighted by atomic mass is 79.9. The summed E-state index contributed by atoms with van der Waals surface area (Å²) < 4.78 is 6.16. The van der Waals surface area contributed by atoms with Gasteiger partial charge in [0.15, 0.2) is 6.61 Å². The fourth-order valence-electron chi connectivity index (χ4n) is 3.79. The molecule has 1 aliphatic rings. The van der Waals surface area contributed by atoms with Crippen LogP contribution in [0.1, 0.15) is 22.3 Å². The van der Waals surface area contributed by atoms with Crippen LogP contribution in [0.2, 0.25) is 5.02 Å². The largest absolute Gasteiger partial charge is 0.483 e. The lowest BCUT2D eigenvalue weighted by Crippen LogP contribution is -2.54. The van der Waals surface area contributed by atoms with Crippen LogP contribution in [0.3, 0.4) is 0 Å². The minimum absolute atomic E-state index is 0.219. The molecule has 1 saturated heterocycles. The second kappa shape index (κ2) is 11.2. The lowest BCUT2D eigenvalue weighted by molar-refractivity contribution is -0.122. The monoisotopic (exact) mass is 595 g/mol. The number of aryl methyl sites for hydroxylation is 3. The minimum atomic E-state index is -0.855. The summed E-state index contributed by atoms with van der Waals surface area (Å²) in [5, 5.41) is 5.37. The zero-order chi connectivity index (χ0) is 27.6. The lowest BCUT2D eigenvalue weighted by Gasteiger charge is -2.27. The topological polar surface area (TPSA) is 105 Å². The second-order valence-electron chi connectivity index (χ2n) is 8.73. The second-order valence-corrected chi connectivity index (χ2v) is 10.0. The minimum Gasteiger partial charge on any atom is -0.483 e. The number of nitrogens with zero attached hydrogens (tertiary/aromatic N) is 1. The molecular formula is C28H23BrClN3O5. The highest BCUT2D eigenvalue weighted by molar-refractivity contribution is 9.10. The third-order valence-electron chi connectivity index (χ3n) is 5.81. The molecule has 0 spiro atoms. The lowest BCUT2D eigenvalue weighted by atomic mass is 10.1. The van der Waals surface area contributed by atoms with Crippen molar-refractivity contribution in [3.05, 3.63) is 91.9 Å². The SMILES string of the molecule is Cc1ccc(C)c(NC(=O)COc2ccc(/C=C3\C(=O)NC(=O)N(c4cc(Cl)ccc4C)C3=O)cc2Br)c1. The number of urea groups is 1. The molecule has 1 fully saturated rings. The van der Waals surface area contributed by atoms with Gasteiger partial charge in [-0.1, -0.05) is 35.9 Å². The first kappa shape index (κ1) is 27.1. The van der Waals surface area contributed by atoms with Crippen LogP contribution >= 0.6 is 27.5 Å². The van der Waals surface area contributed by atoms with Crippen LogP contribution in [0.4, 0.5) is 16.2 Å². The van der Waals surface area contributed by atoms with Gasteiger partial charge >= 0.3 is 6.03 Å². The van der Waals surface area contributed by atoms with E-state index in [1.165, 1.54) is 12.1 Å². The normalized spacial score (nSPS) is 14.5. The summed E-state index contributed by atoms with van der Waals surface area (Å²) in [4.78, 5) is 51.5. The van der Waals surface area contributed by atoms with Crippen molar-refractivity contribution in [2.24, 2.45) is 0 Å². The summed E-state index contributed by atoms with van der Waals surface area (Å²) in [5.41, 5.74) is 3.88. The molecule has 1 heterocycles. The Balaban J connectivity index is 1.50. The van der Waals surface area contributed by atoms with E-state index in [2.05, 4.69) is 26.6 Å². The van der Waals surface area contributed by atoms with Gasteiger partial charge in [0.05, 0.1) is 10.2 Å². The van der Waals surface area contributed by atoms with Crippen LogP contribution in [0.15, 0.2) is 64.6 Å². The first-order valence-corrected chi connectivity index (χ1v) is 12.7. The van der Waals surface area contributed by atoms with E-state index in [-0.39, 0.29) is 23.8 Å². The Morgan fingerprint density at radius 1 is 1.03 bits per heavy atom. The molecule has 3 aromatic carbocycles. The van der Waals surface area contributed by atoms with E-state index in [9.17, 15) is 19.2 Å². The Bertz CT molecular complexity index is 1520. The van der Waals surface area contributed by atoms with Crippen LogP contribution < -0.4 is 20.3 Å².